The largest absolute Gasteiger partial charge is 0.507 e. The molecule has 0 saturated heterocycles. The summed E-state index contributed by atoms with van der Waals surface area (Å²) in [5.74, 6) is -9.69. The number of phenolic OH excluding ortho intramolecular Hbond substituents is 1. The Labute approximate surface area is 261 Å². The molecule has 2 fully saturated rings. The zero-order valence-corrected chi connectivity index (χ0v) is 26.0. The summed E-state index contributed by atoms with van der Waals surface area (Å²) in [4.78, 5) is 67.6. The molecule has 3 aliphatic carbocycles. The lowest BCUT2D eigenvalue weighted by atomic mass is 9.52. The fourth-order valence-corrected chi connectivity index (χ4v) is 7.38. The zero-order chi connectivity index (χ0) is 33.2. The maximum absolute atomic E-state index is 14.0. The number of amides is 2. The molecule has 2 amide bonds. The third-order valence-electron chi connectivity index (χ3n) is 9.43. The van der Waals surface area contributed by atoms with Crippen LogP contribution in [0.25, 0.3) is 11.1 Å². The number of Topliss-reactive ketones (excluding diaryl/α,β-unsaturated/α-hetero) is 3. The molecule has 4 unspecified atom stereocenters. The number of ketones is 3. The van der Waals surface area contributed by atoms with Crippen molar-refractivity contribution in [1.29, 1.82) is 0 Å². The smallest absolute Gasteiger partial charge is 0.238 e. The van der Waals surface area contributed by atoms with Crippen LogP contribution < -0.4 is 16.4 Å². The van der Waals surface area contributed by atoms with Crippen molar-refractivity contribution in [2.75, 3.05) is 26.0 Å². The number of fused-ring (bicyclic) bond motifs is 3. The number of benzene rings is 2. The van der Waals surface area contributed by atoms with E-state index in [1.54, 1.807) is 49.3 Å². The SMILES string of the molecule is CN(C)C1C(O)C(C(N)=O)C(=O)[C@]2(O)C(=O)C3C(=O)c4c(O)ccc(-c5ccc(NC(=O)CNC(C)(C)C)cc5)c4C[C@@H]3C[C@H]12. The predicted molar refractivity (Wildman–Crippen MR) is 164 cm³/mol. The van der Waals surface area contributed by atoms with E-state index >= 15 is 0 Å². The van der Waals surface area contributed by atoms with Gasteiger partial charge in [-0.2, -0.15) is 0 Å². The van der Waals surface area contributed by atoms with E-state index in [2.05, 4.69) is 10.6 Å². The van der Waals surface area contributed by atoms with E-state index in [-0.39, 0.29) is 42.1 Å². The van der Waals surface area contributed by atoms with Gasteiger partial charge in [-0.1, -0.05) is 18.2 Å². The van der Waals surface area contributed by atoms with Gasteiger partial charge in [-0.3, -0.25) is 24.0 Å². The molecule has 0 spiro atoms. The number of rotatable bonds is 6. The fraction of sp³-hybridized carbons (Fsp3) is 0.485. The molecule has 7 atom stereocenters. The molecule has 2 saturated carbocycles. The zero-order valence-electron chi connectivity index (χ0n) is 26.0. The highest BCUT2D eigenvalue weighted by molar-refractivity contribution is 6.25. The number of anilines is 1. The Morgan fingerprint density at radius 3 is 2.27 bits per heavy atom. The van der Waals surface area contributed by atoms with Crippen molar-refractivity contribution in [3.8, 4) is 16.9 Å². The molecule has 5 rings (SSSR count). The number of aliphatic hydroxyl groups excluding tert-OH is 1. The molecule has 240 valence electrons. The fourth-order valence-electron chi connectivity index (χ4n) is 7.38. The van der Waals surface area contributed by atoms with Crippen molar-refractivity contribution in [3.05, 3.63) is 47.5 Å². The summed E-state index contributed by atoms with van der Waals surface area (Å²) in [6.07, 6.45) is -1.36. The summed E-state index contributed by atoms with van der Waals surface area (Å²) in [5.41, 5.74) is 4.88. The third-order valence-corrected chi connectivity index (χ3v) is 9.43. The molecular formula is C33H40N4O8. The standard InChI is InChI=1S/C33H40N4O8/c1-32(2,3)35-14-22(39)36-17-8-6-15(7-9-17)18-10-11-21(38)24-19(18)12-16-13-20-26(37(4)5)28(41)25(31(34)44)30(43)33(20,45)29(42)23(16)27(24)40/h6-11,16,20,23,25-26,28,35,38,41,45H,12-14H2,1-5H3,(H2,34,44)(H,36,39)/t16-,20-,23?,25?,26?,28?,33-/m1/s1. The molecule has 2 aromatic carbocycles. The molecule has 0 bridgehead atoms. The number of nitrogens with zero attached hydrogens (tertiary/aromatic N) is 1. The van der Waals surface area contributed by atoms with E-state index in [0.29, 0.717) is 22.4 Å². The van der Waals surface area contributed by atoms with Gasteiger partial charge in [-0.25, -0.2) is 0 Å². The number of aliphatic hydroxyl groups is 2. The van der Waals surface area contributed by atoms with Crippen molar-refractivity contribution in [3.63, 3.8) is 0 Å². The summed E-state index contributed by atoms with van der Waals surface area (Å²) in [6, 6.07) is 9.08. The van der Waals surface area contributed by atoms with Crippen LogP contribution in [-0.4, -0.2) is 93.3 Å². The first-order valence-electron chi connectivity index (χ1n) is 15.0. The van der Waals surface area contributed by atoms with Gasteiger partial charge in [-0.15, -0.1) is 0 Å². The van der Waals surface area contributed by atoms with Gasteiger partial charge in [0.25, 0.3) is 0 Å². The van der Waals surface area contributed by atoms with Crippen LogP contribution in [0.1, 0.15) is 43.1 Å². The Kier molecular flexibility index (Phi) is 8.24. The summed E-state index contributed by atoms with van der Waals surface area (Å²) >= 11 is 0. The maximum Gasteiger partial charge on any atom is 0.238 e. The van der Waals surface area contributed by atoms with E-state index in [1.165, 1.54) is 6.07 Å². The average Bonchev–Trinajstić information content (AvgIpc) is 2.94. The quantitative estimate of drug-likeness (QED) is 0.249. The number of carbonyl (C=O) groups is 5. The van der Waals surface area contributed by atoms with Crippen molar-refractivity contribution >= 4 is 34.9 Å². The van der Waals surface area contributed by atoms with Crippen molar-refractivity contribution in [2.45, 2.75) is 56.9 Å². The lowest BCUT2D eigenvalue weighted by Crippen LogP contribution is -2.75. The number of hydrogen-bond donors (Lipinski definition) is 6. The minimum atomic E-state index is -2.71. The minimum Gasteiger partial charge on any atom is -0.507 e. The van der Waals surface area contributed by atoms with E-state index in [0.717, 1.165) is 0 Å². The van der Waals surface area contributed by atoms with E-state index < -0.39 is 64.7 Å². The van der Waals surface area contributed by atoms with Crippen molar-refractivity contribution < 1.29 is 39.3 Å². The first kappa shape index (κ1) is 32.4. The van der Waals surface area contributed by atoms with Gasteiger partial charge in [0.1, 0.15) is 11.7 Å². The molecule has 0 radical (unpaired) electrons. The molecule has 12 nitrogen and oxygen atoms in total. The number of aromatic hydroxyl groups is 1. The molecule has 0 aliphatic heterocycles. The predicted octanol–water partition coefficient (Wildman–Crippen LogP) is 0.652. The Balaban J connectivity index is 1.49. The average molecular weight is 621 g/mol. The summed E-state index contributed by atoms with van der Waals surface area (Å²) in [6.45, 7) is 6.02. The van der Waals surface area contributed by atoms with Crippen molar-refractivity contribution in [2.24, 2.45) is 29.4 Å². The molecule has 7 N–H and O–H groups in total. The van der Waals surface area contributed by atoms with E-state index in [1.807, 2.05) is 20.8 Å². The number of phenols is 1. The van der Waals surface area contributed by atoms with Gasteiger partial charge in [0.2, 0.25) is 11.8 Å². The Morgan fingerprint density at radius 1 is 1.04 bits per heavy atom. The Morgan fingerprint density at radius 2 is 1.69 bits per heavy atom. The van der Waals surface area contributed by atoms with Gasteiger partial charge in [-0.05, 0) is 88.5 Å². The summed E-state index contributed by atoms with van der Waals surface area (Å²) in [7, 11) is 3.20. The highest BCUT2D eigenvalue weighted by Crippen LogP contribution is 2.52. The molecule has 12 heteroatoms. The molecule has 2 aromatic rings. The first-order chi connectivity index (χ1) is 21.0. The lowest BCUT2D eigenvalue weighted by Gasteiger charge is -2.54. The number of carbonyl (C=O) groups excluding carboxylic acids is 5. The van der Waals surface area contributed by atoms with Gasteiger partial charge >= 0.3 is 0 Å². The van der Waals surface area contributed by atoms with E-state index in [4.69, 9.17) is 5.73 Å². The first-order valence-corrected chi connectivity index (χ1v) is 15.0. The second kappa shape index (κ2) is 11.4. The number of nitrogens with two attached hydrogens (primary N) is 1. The minimum absolute atomic E-state index is 0.0257. The molecule has 0 aromatic heterocycles. The highest BCUT2D eigenvalue weighted by Gasteiger charge is 2.69. The van der Waals surface area contributed by atoms with Crippen LogP contribution in [-0.2, 0) is 25.6 Å². The molecule has 0 heterocycles. The molecule has 45 heavy (non-hydrogen) atoms. The van der Waals surface area contributed by atoms with Gasteiger partial charge in [0.05, 0.1) is 24.1 Å². The molecule has 3 aliphatic rings. The third kappa shape index (κ3) is 5.45. The van der Waals surface area contributed by atoms with E-state index in [9.17, 15) is 39.3 Å². The lowest BCUT2D eigenvalue weighted by molar-refractivity contribution is -0.190. The van der Waals surface area contributed by atoms with Gasteiger partial charge < -0.3 is 36.6 Å². The second-order valence-corrected chi connectivity index (χ2v) is 13.7. The highest BCUT2D eigenvalue weighted by atomic mass is 16.3. The maximum atomic E-state index is 14.0. The van der Waals surface area contributed by atoms with Crippen LogP contribution in [0, 0.1) is 23.7 Å². The van der Waals surface area contributed by atoms with Crippen LogP contribution in [0.3, 0.4) is 0 Å². The number of primary amides is 1. The summed E-state index contributed by atoms with van der Waals surface area (Å²) in [5, 5.41) is 39.6. The number of nitrogens with one attached hydrogen (secondary N) is 2. The Hall–Kier alpha value is -3.97. The Bertz CT molecular complexity index is 1580. The van der Waals surface area contributed by atoms with Gasteiger partial charge in [0, 0.05) is 23.2 Å². The van der Waals surface area contributed by atoms with Crippen LogP contribution >= 0.6 is 0 Å². The molecular weight excluding hydrogens is 580 g/mol. The van der Waals surface area contributed by atoms with Crippen LogP contribution in [0.2, 0.25) is 0 Å². The van der Waals surface area contributed by atoms with Crippen LogP contribution in [0.15, 0.2) is 36.4 Å². The number of likely N-dealkylation sites (N-methyl/N-ethyl adjacent to an activating group) is 1. The normalized spacial score (nSPS) is 29.6. The summed E-state index contributed by atoms with van der Waals surface area (Å²) < 4.78 is 0. The number of hydrogen-bond acceptors (Lipinski definition) is 10. The van der Waals surface area contributed by atoms with Crippen LogP contribution in [0.4, 0.5) is 5.69 Å². The van der Waals surface area contributed by atoms with Crippen LogP contribution in [0.5, 0.6) is 5.75 Å². The van der Waals surface area contributed by atoms with Gasteiger partial charge in [0.15, 0.2) is 23.0 Å². The van der Waals surface area contributed by atoms with Crippen molar-refractivity contribution in [1.82, 2.24) is 10.2 Å². The topological polar surface area (TPSA) is 199 Å². The monoisotopic (exact) mass is 620 g/mol. The second-order valence-electron chi connectivity index (χ2n) is 13.7.